The van der Waals surface area contributed by atoms with Gasteiger partial charge in [0.1, 0.15) is 12.4 Å². The van der Waals surface area contributed by atoms with Gasteiger partial charge in [-0.25, -0.2) is 4.98 Å². The van der Waals surface area contributed by atoms with E-state index in [4.69, 9.17) is 14.6 Å². The first-order chi connectivity index (χ1) is 11.1. The number of rotatable bonds is 6. The van der Waals surface area contributed by atoms with Gasteiger partial charge in [0, 0.05) is 13.1 Å². The molecule has 1 aromatic carbocycles. The van der Waals surface area contributed by atoms with Crippen molar-refractivity contribution in [2.75, 3.05) is 13.2 Å². The average Bonchev–Trinajstić information content (AvgIpc) is 2.53. The second-order valence-electron chi connectivity index (χ2n) is 4.62. The van der Waals surface area contributed by atoms with E-state index in [1.807, 2.05) is 30.4 Å². The minimum atomic E-state index is -0.340. The van der Waals surface area contributed by atoms with Crippen LogP contribution in [0.15, 0.2) is 41.0 Å². The standard InChI is InChI=1S/C17H16BrNO4/c1-12(21)23-15-6-4-13(5-7-15)2-3-14-10-16(18)17(19-11-14)22-9-8-20/h2-7,10-11,20H,8-9H2,1H3/b3-2+. The fraction of sp³-hybridized carbons (Fsp3) is 0.176. The molecule has 0 aliphatic rings. The van der Waals surface area contributed by atoms with Crippen LogP contribution in [0.25, 0.3) is 12.2 Å². The van der Waals surface area contributed by atoms with Crippen molar-refractivity contribution in [3.05, 3.63) is 52.1 Å². The molecule has 0 spiro atoms. The summed E-state index contributed by atoms with van der Waals surface area (Å²) < 4.78 is 11.0. The minimum absolute atomic E-state index is 0.0564. The first-order valence-electron chi connectivity index (χ1n) is 6.94. The second-order valence-corrected chi connectivity index (χ2v) is 5.48. The van der Waals surface area contributed by atoms with E-state index in [9.17, 15) is 4.79 Å². The molecule has 0 atom stereocenters. The highest BCUT2D eigenvalue weighted by atomic mass is 79.9. The Hall–Kier alpha value is -2.18. The lowest BCUT2D eigenvalue weighted by Gasteiger charge is -2.05. The number of hydrogen-bond donors (Lipinski definition) is 1. The van der Waals surface area contributed by atoms with Gasteiger partial charge in [-0.05, 0) is 45.3 Å². The lowest BCUT2D eigenvalue weighted by atomic mass is 10.1. The topological polar surface area (TPSA) is 68.7 Å². The van der Waals surface area contributed by atoms with Gasteiger partial charge >= 0.3 is 5.97 Å². The Kier molecular flexibility index (Phi) is 6.31. The first kappa shape index (κ1) is 17.2. The molecule has 0 fully saturated rings. The Labute approximate surface area is 142 Å². The number of benzene rings is 1. The van der Waals surface area contributed by atoms with Crippen LogP contribution >= 0.6 is 15.9 Å². The highest BCUT2D eigenvalue weighted by Gasteiger charge is 2.03. The van der Waals surface area contributed by atoms with E-state index in [2.05, 4.69) is 20.9 Å². The number of carbonyl (C=O) groups is 1. The number of aliphatic hydroxyl groups excluding tert-OH is 1. The third-order valence-electron chi connectivity index (χ3n) is 2.77. The zero-order valence-corrected chi connectivity index (χ0v) is 14.1. The van der Waals surface area contributed by atoms with Gasteiger partial charge in [0.05, 0.1) is 11.1 Å². The van der Waals surface area contributed by atoms with Crippen molar-refractivity contribution >= 4 is 34.1 Å². The third kappa shape index (κ3) is 5.50. The predicted molar refractivity (Wildman–Crippen MR) is 91.2 cm³/mol. The van der Waals surface area contributed by atoms with Gasteiger partial charge < -0.3 is 14.6 Å². The van der Waals surface area contributed by atoms with Crippen molar-refractivity contribution in [1.82, 2.24) is 4.98 Å². The van der Waals surface area contributed by atoms with E-state index in [1.54, 1.807) is 18.3 Å². The molecule has 0 radical (unpaired) electrons. The molecule has 1 aromatic heterocycles. The molecule has 0 unspecified atom stereocenters. The smallest absolute Gasteiger partial charge is 0.308 e. The van der Waals surface area contributed by atoms with E-state index in [-0.39, 0.29) is 19.2 Å². The van der Waals surface area contributed by atoms with Crippen LogP contribution in [0.3, 0.4) is 0 Å². The first-order valence-corrected chi connectivity index (χ1v) is 7.73. The third-order valence-corrected chi connectivity index (χ3v) is 3.34. The molecule has 5 nitrogen and oxygen atoms in total. The van der Waals surface area contributed by atoms with Crippen molar-refractivity contribution in [3.8, 4) is 11.6 Å². The zero-order valence-electron chi connectivity index (χ0n) is 12.5. The summed E-state index contributed by atoms with van der Waals surface area (Å²) >= 11 is 3.38. The molecule has 120 valence electrons. The highest BCUT2D eigenvalue weighted by molar-refractivity contribution is 9.10. The molecule has 2 aromatic rings. The molecular formula is C17H16BrNO4. The normalized spacial score (nSPS) is 10.7. The molecular weight excluding hydrogens is 362 g/mol. The number of ether oxygens (including phenoxy) is 2. The van der Waals surface area contributed by atoms with Crippen molar-refractivity contribution < 1.29 is 19.4 Å². The number of hydrogen-bond acceptors (Lipinski definition) is 5. The van der Waals surface area contributed by atoms with Crippen LogP contribution in [0, 0.1) is 0 Å². The van der Waals surface area contributed by atoms with Crippen LogP contribution in [0.2, 0.25) is 0 Å². The van der Waals surface area contributed by atoms with Crippen molar-refractivity contribution in [2.45, 2.75) is 6.92 Å². The van der Waals surface area contributed by atoms with E-state index >= 15 is 0 Å². The van der Waals surface area contributed by atoms with E-state index < -0.39 is 0 Å². The molecule has 2 rings (SSSR count). The lowest BCUT2D eigenvalue weighted by Crippen LogP contribution is -2.03. The Bertz CT molecular complexity index is 698. The number of carbonyl (C=O) groups excluding carboxylic acids is 1. The lowest BCUT2D eigenvalue weighted by molar-refractivity contribution is -0.131. The summed E-state index contributed by atoms with van der Waals surface area (Å²) in [5, 5.41) is 8.74. The monoisotopic (exact) mass is 377 g/mol. The summed E-state index contributed by atoms with van der Waals surface area (Å²) in [7, 11) is 0. The van der Waals surface area contributed by atoms with Gasteiger partial charge in [-0.15, -0.1) is 0 Å². The number of pyridine rings is 1. The fourth-order valence-corrected chi connectivity index (χ4v) is 2.27. The average molecular weight is 378 g/mol. The van der Waals surface area contributed by atoms with Crippen LogP contribution in [0.4, 0.5) is 0 Å². The summed E-state index contributed by atoms with van der Waals surface area (Å²) in [4.78, 5) is 15.0. The van der Waals surface area contributed by atoms with Crippen LogP contribution in [0.5, 0.6) is 11.6 Å². The summed E-state index contributed by atoms with van der Waals surface area (Å²) in [6, 6.07) is 9.07. The number of aliphatic hydroxyl groups is 1. The summed E-state index contributed by atoms with van der Waals surface area (Å²) in [5.74, 6) is 0.624. The number of aromatic nitrogens is 1. The Morgan fingerprint density at radius 3 is 2.57 bits per heavy atom. The largest absolute Gasteiger partial charge is 0.474 e. The number of esters is 1. The van der Waals surface area contributed by atoms with Crippen molar-refractivity contribution in [1.29, 1.82) is 0 Å². The Morgan fingerprint density at radius 2 is 1.96 bits per heavy atom. The number of nitrogens with zero attached hydrogens (tertiary/aromatic N) is 1. The van der Waals surface area contributed by atoms with Gasteiger partial charge in [-0.2, -0.15) is 0 Å². The van der Waals surface area contributed by atoms with Crippen LogP contribution in [-0.4, -0.2) is 29.3 Å². The Balaban J connectivity index is 2.04. The molecule has 0 saturated heterocycles. The van der Waals surface area contributed by atoms with E-state index in [1.165, 1.54) is 6.92 Å². The summed E-state index contributed by atoms with van der Waals surface area (Å²) in [6.07, 6.45) is 5.52. The predicted octanol–water partition coefficient (Wildman–Crippen LogP) is 3.31. The molecule has 1 heterocycles. The van der Waals surface area contributed by atoms with Crippen molar-refractivity contribution in [2.24, 2.45) is 0 Å². The maximum atomic E-state index is 10.9. The molecule has 0 aliphatic carbocycles. The molecule has 1 N–H and O–H groups in total. The molecule has 6 heteroatoms. The molecule has 23 heavy (non-hydrogen) atoms. The van der Waals surface area contributed by atoms with Crippen molar-refractivity contribution in [3.63, 3.8) is 0 Å². The second kappa shape index (κ2) is 8.45. The van der Waals surface area contributed by atoms with Gasteiger partial charge in [0.15, 0.2) is 0 Å². The summed E-state index contributed by atoms with van der Waals surface area (Å²) in [6.45, 7) is 1.52. The van der Waals surface area contributed by atoms with Gasteiger partial charge in [-0.3, -0.25) is 4.79 Å². The van der Waals surface area contributed by atoms with E-state index in [0.29, 0.717) is 11.6 Å². The fourth-order valence-electron chi connectivity index (χ4n) is 1.79. The van der Waals surface area contributed by atoms with E-state index in [0.717, 1.165) is 15.6 Å². The Morgan fingerprint density at radius 1 is 1.26 bits per heavy atom. The SMILES string of the molecule is CC(=O)Oc1ccc(/C=C/c2cnc(OCCO)c(Br)c2)cc1. The maximum absolute atomic E-state index is 10.9. The van der Waals surface area contributed by atoms with Crippen LogP contribution in [0.1, 0.15) is 18.1 Å². The minimum Gasteiger partial charge on any atom is -0.474 e. The molecule has 0 saturated carbocycles. The van der Waals surface area contributed by atoms with Crippen LogP contribution in [-0.2, 0) is 4.79 Å². The van der Waals surface area contributed by atoms with Gasteiger partial charge in [-0.1, -0.05) is 24.3 Å². The van der Waals surface area contributed by atoms with Crippen LogP contribution < -0.4 is 9.47 Å². The molecule has 0 bridgehead atoms. The quantitative estimate of drug-likeness (QED) is 0.617. The zero-order chi connectivity index (χ0) is 16.7. The molecule has 0 amide bonds. The summed E-state index contributed by atoms with van der Waals surface area (Å²) in [5.41, 5.74) is 1.87. The highest BCUT2D eigenvalue weighted by Crippen LogP contribution is 2.24. The van der Waals surface area contributed by atoms with Gasteiger partial charge in [0.2, 0.25) is 5.88 Å². The molecule has 0 aliphatic heterocycles. The number of halogens is 1. The maximum Gasteiger partial charge on any atom is 0.308 e. The van der Waals surface area contributed by atoms with Gasteiger partial charge in [0.25, 0.3) is 0 Å².